The number of fused-ring (bicyclic) bond motifs is 3. The summed E-state index contributed by atoms with van der Waals surface area (Å²) < 4.78 is 2.08. The summed E-state index contributed by atoms with van der Waals surface area (Å²) in [5, 5.41) is 14.8. The highest BCUT2D eigenvalue weighted by atomic mass is 35.5. The first kappa shape index (κ1) is 16.4. The summed E-state index contributed by atoms with van der Waals surface area (Å²) in [4.78, 5) is 24.5. The van der Waals surface area contributed by atoms with Crippen molar-refractivity contribution in [3.05, 3.63) is 34.5 Å². The minimum absolute atomic E-state index is 0.000764. The van der Waals surface area contributed by atoms with Gasteiger partial charge in [-0.05, 0) is 37.3 Å². The van der Waals surface area contributed by atoms with Crippen LogP contribution in [0.25, 0.3) is 10.9 Å². The highest BCUT2D eigenvalue weighted by Gasteiger charge is 2.31. The number of halogens is 1. The number of hydrogen-bond acceptors (Lipinski definition) is 3. The number of hydrogen-bond donors (Lipinski definition) is 2. The van der Waals surface area contributed by atoms with Crippen LogP contribution in [0.3, 0.4) is 0 Å². The summed E-state index contributed by atoms with van der Waals surface area (Å²) in [7, 11) is 0. The zero-order chi connectivity index (χ0) is 17.6. The number of aliphatic hydroxyl groups is 1. The van der Waals surface area contributed by atoms with Gasteiger partial charge >= 0.3 is 6.03 Å². The Bertz CT molecular complexity index is 845. The molecule has 1 aliphatic carbocycles. The molecule has 1 aromatic heterocycles. The molecule has 2 N–H and O–H groups in total. The Balaban J connectivity index is 1.67. The predicted octanol–water partition coefficient (Wildman–Crippen LogP) is 2.09. The van der Waals surface area contributed by atoms with Gasteiger partial charge in [-0.25, -0.2) is 4.79 Å². The number of imide groups is 1. The molecule has 0 spiro atoms. The summed E-state index contributed by atoms with van der Waals surface area (Å²) in [6.07, 6.45) is 3.40. The van der Waals surface area contributed by atoms with Crippen molar-refractivity contribution < 1.29 is 14.7 Å². The standard InChI is InChI=1S/C18H20ClN3O3/c19-14-6-3-5-13-12-4-1-2-7-15(12)21(17(13)14)9-11(23)10-22-16(24)8-20-18(22)25/h3,5-6,11,23H,1-2,4,7-10H2,(H,20,25). The molecular weight excluding hydrogens is 342 g/mol. The van der Waals surface area contributed by atoms with Gasteiger partial charge < -0.3 is 15.0 Å². The summed E-state index contributed by atoms with van der Waals surface area (Å²) >= 11 is 6.45. The van der Waals surface area contributed by atoms with Crippen LogP contribution >= 0.6 is 11.6 Å². The van der Waals surface area contributed by atoms with E-state index >= 15 is 0 Å². The Labute approximate surface area is 150 Å². The number of para-hydroxylation sites is 1. The summed E-state index contributed by atoms with van der Waals surface area (Å²) in [5.74, 6) is -0.304. The van der Waals surface area contributed by atoms with Crippen LogP contribution < -0.4 is 5.32 Å². The second-order valence-corrected chi connectivity index (χ2v) is 7.10. The van der Waals surface area contributed by atoms with E-state index in [4.69, 9.17) is 11.6 Å². The Hall–Kier alpha value is -2.05. The molecule has 1 atom stereocenters. The molecule has 1 aliphatic heterocycles. The van der Waals surface area contributed by atoms with Gasteiger partial charge in [0.05, 0.1) is 36.3 Å². The third-order valence-electron chi connectivity index (χ3n) is 5.07. The second-order valence-electron chi connectivity index (χ2n) is 6.70. The lowest BCUT2D eigenvalue weighted by atomic mass is 9.95. The van der Waals surface area contributed by atoms with Gasteiger partial charge in [0.15, 0.2) is 0 Å². The Morgan fingerprint density at radius 3 is 2.76 bits per heavy atom. The number of benzene rings is 1. The maximum Gasteiger partial charge on any atom is 0.324 e. The molecule has 0 radical (unpaired) electrons. The number of carbonyl (C=O) groups is 2. The summed E-state index contributed by atoms with van der Waals surface area (Å²) in [5.41, 5.74) is 3.46. The van der Waals surface area contributed by atoms with Crippen molar-refractivity contribution in [2.75, 3.05) is 13.1 Å². The van der Waals surface area contributed by atoms with Gasteiger partial charge in [0, 0.05) is 11.1 Å². The number of β-amino-alcohol motifs (C(OH)–C–C–N with tert-alkyl or cyclic N) is 1. The van der Waals surface area contributed by atoms with E-state index in [0.29, 0.717) is 11.6 Å². The van der Waals surface area contributed by atoms with E-state index < -0.39 is 12.1 Å². The lowest BCUT2D eigenvalue weighted by Gasteiger charge is -2.21. The van der Waals surface area contributed by atoms with E-state index in [1.165, 1.54) is 11.3 Å². The summed E-state index contributed by atoms with van der Waals surface area (Å²) in [6.45, 7) is 0.301. The number of aryl methyl sites for hydroxylation is 1. The topological polar surface area (TPSA) is 74.6 Å². The highest BCUT2D eigenvalue weighted by molar-refractivity contribution is 6.35. The largest absolute Gasteiger partial charge is 0.389 e. The van der Waals surface area contributed by atoms with Gasteiger partial charge in [0.1, 0.15) is 0 Å². The average molecular weight is 362 g/mol. The number of nitrogens with one attached hydrogen (secondary N) is 1. The molecule has 0 saturated carbocycles. The minimum Gasteiger partial charge on any atom is -0.389 e. The van der Waals surface area contributed by atoms with Crippen LogP contribution in [0, 0.1) is 0 Å². The van der Waals surface area contributed by atoms with Crippen LogP contribution in [-0.4, -0.2) is 45.7 Å². The zero-order valence-corrected chi connectivity index (χ0v) is 14.6. The molecule has 7 heteroatoms. The molecule has 1 saturated heterocycles. The Kier molecular flexibility index (Phi) is 4.17. The monoisotopic (exact) mass is 361 g/mol. The third-order valence-corrected chi connectivity index (χ3v) is 5.38. The van der Waals surface area contributed by atoms with E-state index in [2.05, 4.69) is 16.0 Å². The molecule has 1 aromatic carbocycles. The number of urea groups is 1. The SMILES string of the molecule is O=C1CNC(=O)N1CC(O)Cn1c2c(c3cccc(Cl)c31)CCCC2. The Morgan fingerprint density at radius 1 is 1.20 bits per heavy atom. The number of aromatic nitrogens is 1. The molecule has 2 aromatic rings. The van der Waals surface area contributed by atoms with E-state index in [1.54, 1.807) is 0 Å². The zero-order valence-electron chi connectivity index (χ0n) is 13.8. The van der Waals surface area contributed by atoms with Crippen LogP contribution in [0.4, 0.5) is 4.79 Å². The second kappa shape index (κ2) is 6.35. The predicted molar refractivity (Wildman–Crippen MR) is 94.7 cm³/mol. The molecule has 25 heavy (non-hydrogen) atoms. The molecule has 132 valence electrons. The first-order chi connectivity index (χ1) is 12.1. The Morgan fingerprint density at radius 2 is 2.00 bits per heavy atom. The maximum absolute atomic E-state index is 11.7. The number of amides is 3. The van der Waals surface area contributed by atoms with Crippen molar-refractivity contribution in [3.8, 4) is 0 Å². The summed E-state index contributed by atoms with van der Waals surface area (Å²) in [6, 6.07) is 5.44. The fraction of sp³-hybridized carbons (Fsp3) is 0.444. The van der Waals surface area contributed by atoms with Crippen LogP contribution in [-0.2, 0) is 24.2 Å². The number of carbonyl (C=O) groups excluding carboxylic acids is 2. The lowest BCUT2D eigenvalue weighted by molar-refractivity contribution is -0.126. The van der Waals surface area contributed by atoms with Crippen molar-refractivity contribution in [2.24, 2.45) is 0 Å². The molecular formula is C18H20ClN3O3. The van der Waals surface area contributed by atoms with Gasteiger partial charge in [0.2, 0.25) is 5.91 Å². The molecule has 4 rings (SSSR count). The number of aliphatic hydroxyl groups excluding tert-OH is 1. The molecule has 1 fully saturated rings. The van der Waals surface area contributed by atoms with Crippen molar-refractivity contribution in [2.45, 2.75) is 38.3 Å². The van der Waals surface area contributed by atoms with Gasteiger partial charge in [-0.3, -0.25) is 9.69 Å². The van der Waals surface area contributed by atoms with Crippen molar-refractivity contribution >= 4 is 34.4 Å². The third kappa shape index (κ3) is 2.79. The number of rotatable bonds is 4. The highest BCUT2D eigenvalue weighted by Crippen LogP contribution is 2.35. The smallest absolute Gasteiger partial charge is 0.324 e. The molecule has 3 amide bonds. The fourth-order valence-electron chi connectivity index (χ4n) is 3.97. The van der Waals surface area contributed by atoms with Gasteiger partial charge in [-0.15, -0.1) is 0 Å². The normalized spacial score (nSPS) is 18.6. The first-order valence-corrected chi connectivity index (χ1v) is 8.99. The van der Waals surface area contributed by atoms with Crippen molar-refractivity contribution in [3.63, 3.8) is 0 Å². The minimum atomic E-state index is -0.842. The lowest BCUT2D eigenvalue weighted by Crippen LogP contribution is -2.39. The van der Waals surface area contributed by atoms with Crippen LogP contribution in [0.15, 0.2) is 18.2 Å². The van der Waals surface area contributed by atoms with Gasteiger partial charge in [0.25, 0.3) is 0 Å². The van der Waals surface area contributed by atoms with Crippen LogP contribution in [0.2, 0.25) is 5.02 Å². The van der Waals surface area contributed by atoms with E-state index in [-0.39, 0.29) is 19.0 Å². The van der Waals surface area contributed by atoms with E-state index in [1.807, 2.05) is 12.1 Å². The van der Waals surface area contributed by atoms with Crippen LogP contribution in [0.5, 0.6) is 0 Å². The molecule has 6 nitrogen and oxygen atoms in total. The molecule has 0 bridgehead atoms. The molecule has 1 unspecified atom stereocenters. The van der Waals surface area contributed by atoms with Gasteiger partial charge in [-0.1, -0.05) is 23.7 Å². The van der Waals surface area contributed by atoms with Crippen molar-refractivity contribution in [1.29, 1.82) is 0 Å². The van der Waals surface area contributed by atoms with Gasteiger partial charge in [-0.2, -0.15) is 0 Å². The van der Waals surface area contributed by atoms with Crippen LogP contribution in [0.1, 0.15) is 24.1 Å². The molecule has 2 heterocycles. The van der Waals surface area contributed by atoms with E-state index in [0.717, 1.165) is 41.5 Å². The fourth-order valence-corrected chi connectivity index (χ4v) is 4.24. The van der Waals surface area contributed by atoms with E-state index in [9.17, 15) is 14.7 Å². The van der Waals surface area contributed by atoms with Crippen molar-refractivity contribution in [1.82, 2.24) is 14.8 Å². The first-order valence-electron chi connectivity index (χ1n) is 8.61. The quantitative estimate of drug-likeness (QED) is 0.819. The average Bonchev–Trinajstić information content (AvgIpc) is 3.09. The molecule has 2 aliphatic rings. The number of nitrogens with zero attached hydrogens (tertiary/aromatic N) is 2. The maximum atomic E-state index is 11.7.